The van der Waals surface area contributed by atoms with Gasteiger partial charge in [0.15, 0.2) is 0 Å². The Morgan fingerprint density at radius 2 is 2.17 bits per heavy atom. The zero-order chi connectivity index (χ0) is 9.14. The van der Waals surface area contributed by atoms with Crippen LogP contribution in [-0.4, -0.2) is 22.7 Å². The second-order valence-corrected chi connectivity index (χ2v) is 2.08. The van der Waals surface area contributed by atoms with Crippen LogP contribution in [0.15, 0.2) is 18.3 Å². The van der Waals surface area contributed by atoms with Gasteiger partial charge < -0.3 is 5.73 Å². The van der Waals surface area contributed by atoms with E-state index in [0.717, 1.165) is 4.57 Å². The van der Waals surface area contributed by atoms with Gasteiger partial charge in [-0.05, 0) is 12.1 Å². The lowest BCUT2D eigenvalue weighted by Crippen LogP contribution is -2.21. The Balaban J connectivity index is 3.15. The molecule has 62 valence electrons. The van der Waals surface area contributed by atoms with E-state index >= 15 is 0 Å². The van der Waals surface area contributed by atoms with Crippen LogP contribution in [0.25, 0.3) is 0 Å². The molecule has 0 aliphatic rings. The van der Waals surface area contributed by atoms with Gasteiger partial charge in [-0.3, -0.25) is 19.0 Å². The van der Waals surface area contributed by atoms with Crippen molar-refractivity contribution in [3.63, 3.8) is 0 Å². The molecule has 0 aliphatic heterocycles. The van der Waals surface area contributed by atoms with Gasteiger partial charge in [0.2, 0.25) is 6.29 Å². The Morgan fingerprint density at radius 3 is 2.67 bits per heavy atom. The molecule has 0 atom stereocenters. The van der Waals surface area contributed by atoms with Gasteiger partial charge >= 0.3 is 0 Å². The summed E-state index contributed by atoms with van der Waals surface area (Å²) in [5, 5.41) is 0. The first-order chi connectivity index (χ1) is 5.66. The van der Waals surface area contributed by atoms with Crippen molar-refractivity contribution >= 4 is 18.1 Å². The molecule has 0 bridgehead atoms. The number of carbonyl (C=O) groups is 3. The number of amides is 1. The molecule has 0 saturated heterocycles. The van der Waals surface area contributed by atoms with E-state index < -0.39 is 11.8 Å². The maximum Gasteiger partial charge on any atom is 0.295 e. The standard InChI is InChI=1S/C7H6N2O3/c8-7(12)5-2-1-3-9(5)6(11)4-10/h1-4H,(H2,8,12). The van der Waals surface area contributed by atoms with Crippen molar-refractivity contribution in [2.75, 3.05) is 0 Å². The number of hydrogen-bond acceptors (Lipinski definition) is 3. The monoisotopic (exact) mass is 166 g/mol. The average Bonchev–Trinajstić information content (AvgIpc) is 2.50. The predicted octanol–water partition coefficient (Wildman–Crippen LogP) is -0.574. The van der Waals surface area contributed by atoms with E-state index in [-0.39, 0.29) is 12.0 Å². The minimum atomic E-state index is -0.811. The Morgan fingerprint density at radius 1 is 1.50 bits per heavy atom. The Labute approximate surface area is 67.8 Å². The highest BCUT2D eigenvalue weighted by atomic mass is 16.2. The van der Waals surface area contributed by atoms with Gasteiger partial charge in [0.05, 0.1) is 0 Å². The zero-order valence-corrected chi connectivity index (χ0v) is 6.06. The highest BCUT2D eigenvalue weighted by Crippen LogP contribution is 1.99. The lowest BCUT2D eigenvalue weighted by Gasteiger charge is -1.97. The maximum absolute atomic E-state index is 10.8. The molecule has 0 radical (unpaired) electrons. The third kappa shape index (κ3) is 1.24. The van der Waals surface area contributed by atoms with Gasteiger partial charge in [0.1, 0.15) is 5.69 Å². The minimum absolute atomic E-state index is 0.00657. The Hall–Kier alpha value is -1.91. The number of hydrogen-bond donors (Lipinski definition) is 1. The van der Waals surface area contributed by atoms with E-state index in [0.29, 0.717) is 0 Å². The lowest BCUT2D eigenvalue weighted by atomic mass is 10.4. The van der Waals surface area contributed by atoms with E-state index in [1.54, 1.807) is 0 Å². The van der Waals surface area contributed by atoms with Crippen LogP contribution in [0.4, 0.5) is 0 Å². The van der Waals surface area contributed by atoms with Crippen molar-refractivity contribution in [1.82, 2.24) is 4.57 Å². The fraction of sp³-hybridized carbons (Fsp3) is 0. The van der Waals surface area contributed by atoms with E-state index in [9.17, 15) is 14.4 Å². The van der Waals surface area contributed by atoms with Crippen LogP contribution in [0.1, 0.15) is 15.3 Å². The molecular formula is C7H6N2O3. The van der Waals surface area contributed by atoms with Crippen molar-refractivity contribution in [1.29, 1.82) is 0 Å². The van der Waals surface area contributed by atoms with Gasteiger partial charge in [0.25, 0.3) is 11.8 Å². The van der Waals surface area contributed by atoms with Gasteiger partial charge in [-0.2, -0.15) is 0 Å². The molecule has 1 aromatic rings. The molecule has 5 heteroatoms. The summed E-state index contributed by atoms with van der Waals surface area (Å²) in [7, 11) is 0. The number of primary amides is 1. The topological polar surface area (TPSA) is 82.2 Å². The summed E-state index contributed by atoms with van der Waals surface area (Å²) in [4.78, 5) is 31.5. The summed E-state index contributed by atoms with van der Waals surface area (Å²) in [6.07, 6.45) is 1.42. The molecule has 1 amide bonds. The number of aldehydes is 1. The van der Waals surface area contributed by atoms with E-state index in [2.05, 4.69) is 0 Å². The number of nitrogens with zero attached hydrogens (tertiary/aromatic N) is 1. The molecule has 0 saturated carbocycles. The number of aromatic nitrogens is 1. The molecule has 0 fully saturated rings. The maximum atomic E-state index is 10.8. The van der Waals surface area contributed by atoms with Crippen LogP contribution >= 0.6 is 0 Å². The van der Waals surface area contributed by atoms with Crippen LogP contribution in [0.2, 0.25) is 0 Å². The molecule has 1 heterocycles. The summed E-state index contributed by atoms with van der Waals surface area (Å²) >= 11 is 0. The van der Waals surface area contributed by atoms with Crippen LogP contribution in [-0.2, 0) is 4.79 Å². The van der Waals surface area contributed by atoms with Crippen LogP contribution in [0.5, 0.6) is 0 Å². The summed E-state index contributed by atoms with van der Waals surface area (Å²) in [6.45, 7) is 0. The molecular weight excluding hydrogens is 160 g/mol. The van der Waals surface area contributed by atoms with E-state index in [1.165, 1.54) is 18.3 Å². The first-order valence-electron chi connectivity index (χ1n) is 3.13. The van der Waals surface area contributed by atoms with Gasteiger partial charge in [0, 0.05) is 6.20 Å². The Kier molecular flexibility index (Phi) is 2.05. The second-order valence-electron chi connectivity index (χ2n) is 2.08. The molecule has 1 rings (SSSR count). The van der Waals surface area contributed by atoms with Gasteiger partial charge in [-0.1, -0.05) is 0 Å². The van der Waals surface area contributed by atoms with Crippen molar-refractivity contribution in [2.45, 2.75) is 0 Å². The van der Waals surface area contributed by atoms with Crippen molar-refractivity contribution in [3.05, 3.63) is 24.0 Å². The summed E-state index contributed by atoms with van der Waals surface area (Å²) in [5.41, 5.74) is 4.93. The summed E-state index contributed by atoms with van der Waals surface area (Å²) in [5.74, 6) is -1.55. The first-order valence-corrected chi connectivity index (χ1v) is 3.13. The van der Waals surface area contributed by atoms with Crippen molar-refractivity contribution in [2.24, 2.45) is 5.73 Å². The summed E-state index contributed by atoms with van der Waals surface area (Å²) in [6, 6.07) is 2.82. The first kappa shape index (κ1) is 8.19. The quantitative estimate of drug-likeness (QED) is 0.471. The molecule has 0 spiro atoms. The van der Waals surface area contributed by atoms with Gasteiger partial charge in [-0.25, -0.2) is 0 Å². The second kappa shape index (κ2) is 3.00. The minimum Gasteiger partial charge on any atom is -0.364 e. The van der Waals surface area contributed by atoms with Crippen molar-refractivity contribution < 1.29 is 14.4 Å². The van der Waals surface area contributed by atoms with Crippen LogP contribution < -0.4 is 5.73 Å². The molecule has 0 aliphatic carbocycles. The molecule has 1 aromatic heterocycles. The average molecular weight is 166 g/mol. The fourth-order valence-electron chi connectivity index (χ4n) is 0.831. The predicted molar refractivity (Wildman–Crippen MR) is 39.6 cm³/mol. The van der Waals surface area contributed by atoms with Crippen molar-refractivity contribution in [3.8, 4) is 0 Å². The van der Waals surface area contributed by atoms with E-state index in [1.807, 2.05) is 0 Å². The largest absolute Gasteiger partial charge is 0.364 e. The van der Waals surface area contributed by atoms with Gasteiger partial charge in [-0.15, -0.1) is 0 Å². The number of nitrogens with two attached hydrogens (primary N) is 1. The smallest absolute Gasteiger partial charge is 0.295 e. The zero-order valence-electron chi connectivity index (χ0n) is 6.06. The fourth-order valence-corrected chi connectivity index (χ4v) is 0.831. The summed E-state index contributed by atoms with van der Waals surface area (Å²) < 4.78 is 0.898. The highest BCUT2D eigenvalue weighted by molar-refractivity contribution is 6.25. The number of rotatable bonds is 2. The highest BCUT2D eigenvalue weighted by Gasteiger charge is 2.11. The molecule has 5 nitrogen and oxygen atoms in total. The molecule has 0 aromatic carbocycles. The SMILES string of the molecule is NC(=O)c1cccn1C(=O)C=O. The Bertz CT molecular complexity index is 340. The van der Waals surface area contributed by atoms with E-state index in [4.69, 9.17) is 5.73 Å². The van der Waals surface area contributed by atoms with Crippen LogP contribution in [0.3, 0.4) is 0 Å². The third-order valence-electron chi connectivity index (χ3n) is 1.34. The molecule has 2 N–H and O–H groups in total. The van der Waals surface area contributed by atoms with Crippen LogP contribution in [0, 0.1) is 0 Å². The number of carbonyl (C=O) groups excluding carboxylic acids is 3. The molecule has 0 unspecified atom stereocenters. The third-order valence-corrected chi connectivity index (χ3v) is 1.34. The molecule has 12 heavy (non-hydrogen) atoms. The normalized spacial score (nSPS) is 9.33. The lowest BCUT2D eigenvalue weighted by molar-refractivity contribution is -0.105.